The number of benzene rings is 2. The van der Waals surface area contributed by atoms with E-state index in [2.05, 4.69) is 15.5 Å². The van der Waals surface area contributed by atoms with Crippen LogP contribution in [0.25, 0.3) is 10.2 Å². The molecule has 23 heavy (non-hydrogen) atoms. The molecule has 0 fully saturated rings. The standard InChI is InChI=1S/C16H13N3O2S2/c20-13-7-3-1-5-11(13)9-17-19-15(21)10-22-16-18-12-6-2-4-8-14(12)23-16/h1-9,20H,10H2,(H,19,21)/b17-9+. The van der Waals surface area contributed by atoms with Crippen LogP contribution in [0.3, 0.4) is 0 Å². The summed E-state index contributed by atoms with van der Waals surface area (Å²) in [5.41, 5.74) is 3.93. The molecule has 5 nitrogen and oxygen atoms in total. The number of phenols is 1. The largest absolute Gasteiger partial charge is 0.507 e. The fraction of sp³-hybridized carbons (Fsp3) is 0.0625. The van der Waals surface area contributed by atoms with E-state index >= 15 is 0 Å². The van der Waals surface area contributed by atoms with Crippen LogP contribution in [-0.2, 0) is 4.79 Å². The van der Waals surface area contributed by atoms with Gasteiger partial charge in [-0.2, -0.15) is 5.10 Å². The highest BCUT2D eigenvalue weighted by atomic mass is 32.2. The lowest BCUT2D eigenvalue weighted by Crippen LogP contribution is -2.19. The number of thiazole rings is 1. The second-order valence-corrected chi connectivity index (χ2v) is 6.84. The summed E-state index contributed by atoms with van der Waals surface area (Å²) in [5.74, 6) is 0.132. The third-order valence-electron chi connectivity index (χ3n) is 2.93. The molecular formula is C16H13N3O2S2. The zero-order valence-corrected chi connectivity index (χ0v) is 13.6. The number of hydrazone groups is 1. The van der Waals surface area contributed by atoms with Gasteiger partial charge in [0.25, 0.3) is 5.91 Å². The lowest BCUT2D eigenvalue weighted by atomic mass is 10.2. The van der Waals surface area contributed by atoms with Gasteiger partial charge in [0.15, 0.2) is 4.34 Å². The van der Waals surface area contributed by atoms with Crippen molar-refractivity contribution in [3.63, 3.8) is 0 Å². The zero-order valence-electron chi connectivity index (χ0n) is 12.0. The molecule has 1 heterocycles. The number of thioether (sulfide) groups is 1. The Morgan fingerprint density at radius 1 is 1.26 bits per heavy atom. The number of nitrogens with one attached hydrogen (secondary N) is 1. The summed E-state index contributed by atoms with van der Waals surface area (Å²) in [6, 6.07) is 14.6. The van der Waals surface area contributed by atoms with E-state index in [0.29, 0.717) is 5.56 Å². The fourth-order valence-electron chi connectivity index (χ4n) is 1.84. The van der Waals surface area contributed by atoms with Gasteiger partial charge in [0.2, 0.25) is 0 Å². The summed E-state index contributed by atoms with van der Waals surface area (Å²) in [4.78, 5) is 16.2. The number of carbonyl (C=O) groups is 1. The first-order valence-corrected chi connectivity index (χ1v) is 8.61. The molecule has 0 atom stereocenters. The topological polar surface area (TPSA) is 74.6 Å². The highest BCUT2D eigenvalue weighted by Crippen LogP contribution is 2.28. The molecule has 116 valence electrons. The number of hydrogen-bond donors (Lipinski definition) is 2. The normalized spacial score (nSPS) is 11.1. The van der Waals surface area contributed by atoms with Crippen molar-refractivity contribution in [1.82, 2.24) is 10.4 Å². The molecule has 0 unspecified atom stereocenters. The maximum absolute atomic E-state index is 11.8. The van der Waals surface area contributed by atoms with Crippen molar-refractivity contribution < 1.29 is 9.90 Å². The molecule has 0 saturated carbocycles. The number of aromatic nitrogens is 1. The molecule has 0 spiro atoms. The average Bonchev–Trinajstić information content (AvgIpc) is 2.98. The lowest BCUT2D eigenvalue weighted by Gasteiger charge is -1.99. The monoisotopic (exact) mass is 343 g/mol. The molecular weight excluding hydrogens is 330 g/mol. The summed E-state index contributed by atoms with van der Waals surface area (Å²) in [7, 11) is 0. The van der Waals surface area contributed by atoms with E-state index in [9.17, 15) is 9.90 Å². The number of phenolic OH excluding ortho intramolecular Hbond substituents is 1. The van der Waals surface area contributed by atoms with E-state index in [0.717, 1.165) is 14.6 Å². The van der Waals surface area contributed by atoms with E-state index in [1.165, 1.54) is 18.0 Å². The molecule has 2 aromatic carbocycles. The Kier molecular flexibility index (Phi) is 4.89. The summed E-state index contributed by atoms with van der Waals surface area (Å²) >= 11 is 2.94. The van der Waals surface area contributed by atoms with Crippen molar-refractivity contribution in [2.75, 3.05) is 5.75 Å². The first-order valence-electron chi connectivity index (χ1n) is 6.80. The number of amides is 1. The average molecular weight is 343 g/mol. The van der Waals surface area contributed by atoms with Crippen molar-refractivity contribution in [3.05, 3.63) is 54.1 Å². The Labute approximate surface area is 141 Å². The first kappa shape index (κ1) is 15.5. The number of fused-ring (bicyclic) bond motifs is 1. The van der Waals surface area contributed by atoms with Crippen LogP contribution in [0.5, 0.6) is 5.75 Å². The number of hydrogen-bond acceptors (Lipinski definition) is 6. The first-order chi connectivity index (χ1) is 11.2. The molecule has 2 N–H and O–H groups in total. The van der Waals surface area contributed by atoms with Crippen molar-refractivity contribution >= 4 is 45.4 Å². The van der Waals surface area contributed by atoms with Gasteiger partial charge in [-0.25, -0.2) is 10.4 Å². The van der Waals surface area contributed by atoms with Crippen LogP contribution < -0.4 is 5.43 Å². The van der Waals surface area contributed by atoms with Gasteiger partial charge >= 0.3 is 0 Å². The smallest absolute Gasteiger partial charge is 0.250 e. The Morgan fingerprint density at radius 3 is 2.87 bits per heavy atom. The van der Waals surface area contributed by atoms with Gasteiger partial charge in [-0.3, -0.25) is 4.79 Å². The van der Waals surface area contributed by atoms with Crippen molar-refractivity contribution in [1.29, 1.82) is 0 Å². The maximum Gasteiger partial charge on any atom is 0.250 e. The number of aromatic hydroxyl groups is 1. The van der Waals surface area contributed by atoms with Gasteiger partial charge < -0.3 is 5.11 Å². The highest BCUT2D eigenvalue weighted by Gasteiger charge is 2.07. The zero-order chi connectivity index (χ0) is 16.1. The Balaban J connectivity index is 1.52. The minimum Gasteiger partial charge on any atom is -0.507 e. The van der Waals surface area contributed by atoms with Crippen molar-refractivity contribution in [2.45, 2.75) is 4.34 Å². The molecule has 0 aliphatic heterocycles. The molecule has 0 bridgehead atoms. The summed E-state index contributed by atoms with van der Waals surface area (Å²) in [5, 5.41) is 13.4. The molecule has 0 saturated heterocycles. The van der Waals surface area contributed by atoms with E-state index in [4.69, 9.17) is 0 Å². The Hall–Kier alpha value is -2.38. The third kappa shape index (κ3) is 4.08. The number of carbonyl (C=O) groups excluding carboxylic acids is 1. The van der Waals surface area contributed by atoms with E-state index in [-0.39, 0.29) is 17.4 Å². The van der Waals surface area contributed by atoms with Gasteiger partial charge in [0, 0.05) is 5.56 Å². The van der Waals surface area contributed by atoms with Crippen LogP contribution in [-0.4, -0.2) is 28.0 Å². The second kappa shape index (κ2) is 7.26. The molecule has 1 aromatic heterocycles. The van der Waals surface area contributed by atoms with Crippen LogP contribution >= 0.6 is 23.1 Å². The van der Waals surface area contributed by atoms with Crippen molar-refractivity contribution in [2.24, 2.45) is 5.10 Å². The maximum atomic E-state index is 11.8. The molecule has 7 heteroatoms. The molecule has 0 aliphatic carbocycles. The van der Waals surface area contributed by atoms with E-state index in [1.54, 1.807) is 35.6 Å². The van der Waals surface area contributed by atoms with E-state index in [1.807, 2.05) is 24.3 Å². The molecule has 3 rings (SSSR count). The molecule has 1 amide bonds. The second-order valence-electron chi connectivity index (χ2n) is 4.59. The van der Waals surface area contributed by atoms with Crippen LogP contribution in [0, 0.1) is 0 Å². The lowest BCUT2D eigenvalue weighted by molar-refractivity contribution is -0.118. The SMILES string of the molecule is O=C(CSc1nc2ccccc2s1)N/N=C/c1ccccc1O. The highest BCUT2D eigenvalue weighted by molar-refractivity contribution is 8.01. The van der Waals surface area contributed by atoms with Crippen LogP contribution in [0.1, 0.15) is 5.56 Å². The third-order valence-corrected chi connectivity index (χ3v) is 5.11. The molecule has 0 aliphatic rings. The predicted molar refractivity (Wildman–Crippen MR) is 94.2 cm³/mol. The van der Waals surface area contributed by atoms with Crippen LogP contribution in [0.2, 0.25) is 0 Å². The van der Waals surface area contributed by atoms with E-state index < -0.39 is 0 Å². The fourth-order valence-corrected chi connectivity index (χ4v) is 3.70. The number of para-hydroxylation sites is 2. The number of rotatable bonds is 5. The Bertz CT molecular complexity index is 828. The van der Waals surface area contributed by atoms with Gasteiger partial charge in [0.05, 0.1) is 22.2 Å². The quantitative estimate of drug-likeness (QED) is 0.424. The van der Waals surface area contributed by atoms with Gasteiger partial charge in [0.1, 0.15) is 5.75 Å². The van der Waals surface area contributed by atoms with Gasteiger partial charge in [-0.15, -0.1) is 11.3 Å². The minimum atomic E-state index is -0.221. The molecule has 0 radical (unpaired) electrons. The van der Waals surface area contributed by atoms with Gasteiger partial charge in [-0.05, 0) is 24.3 Å². The summed E-state index contributed by atoms with van der Waals surface area (Å²) in [6.45, 7) is 0. The number of nitrogens with zero attached hydrogens (tertiary/aromatic N) is 2. The molecule has 3 aromatic rings. The van der Waals surface area contributed by atoms with Crippen LogP contribution in [0.4, 0.5) is 0 Å². The Morgan fingerprint density at radius 2 is 2.04 bits per heavy atom. The minimum absolute atomic E-state index is 0.120. The van der Waals surface area contributed by atoms with Crippen molar-refractivity contribution in [3.8, 4) is 5.75 Å². The van der Waals surface area contributed by atoms with Gasteiger partial charge in [-0.1, -0.05) is 36.0 Å². The predicted octanol–water partition coefficient (Wildman–Crippen LogP) is 3.24. The summed E-state index contributed by atoms with van der Waals surface area (Å²) < 4.78 is 1.96. The summed E-state index contributed by atoms with van der Waals surface area (Å²) in [6.07, 6.45) is 1.41. The van der Waals surface area contributed by atoms with Crippen LogP contribution in [0.15, 0.2) is 58.0 Å².